The molecule has 0 saturated heterocycles. The predicted molar refractivity (Wildman–Crippen MR) is 88.6 cm³/mol. The van der Waals surface area contributed by atoms with Gasteiger partial charge in [0.05, 0.1) is 6.61 Å². The van der Waals surface area contributed by atoms with E-state index in [1.807, 2.05) is 0 Å². The van der Waals surface area contributed by atoms with Gasteiger partial charge in [-0.3, -0.25) is 0 Å². The molecule has 3 aromatic rings. The lowest BCUT2D eigenvalue weighted by Crippen LogP contribution is -2.29. The molecule has 0 aromatic heterocycles. The second-order valence-corrected chi connectivity index (χ2v) is 5.80. The molecule has 0 radical (unpaired) electrons. The van der Waals surface area contributed by atoms with Crippen molar-refractivity contribution in [2.45, 2.75) is 18.6 Å². The Morgan fingerprint density at radius 2 is 1.36 bits per heavy atom. The fraction of sp³-hybridized carbons (Fsp3) is 0.143. The fourth-order valence-corrected chi connectivity index (χ4v) is 3.40. The zero-order chi connectivity index (χ0) is 14.8. The van der Waals surface area contributed by atoms with Crippen LogP contribution in [0.2, 0.25) is 0 Å². The van der Waals surface area contributed by atoms with Gasteiger partial charge >= 0.3 is 0 Å². The van der Waals surface area contributed by atoms with E-state index in [4.69, 9.17) is 4.74 Å². The van der Waals surface area contributed by atoms with Gasteiger partial charge in [0.1, 0.15) is 5.60 Å². The lowest BCUT2D eigenvalue weighted by Gasteiger charge is -2.30. The number of hydrogen-bond donors (Lipinski definition) is 0. The van der Waals surface area contributed by atoms with Crippen LogP contribution in [0.5, 0.6) is 0 Å². The molecule has 1 nitrogen and oxygen atoms in total. The van der Waals surface area contributed by atoms with Gasteiger partial charge in [0.25, 0.3) is 0 Å². The molecule has 0 fully saturated rings. The van der Waals surface area contributed by atoms with Gasteiger partial charge < -0.3 is 4.74 Å². The Bertz CT molecular complexity index is 764. The predicted octanol–water partition coefficient (Wildman–Crippen LogP) is 4.70. The van der Waals surface area contributed by atoms with Crippen LogP contribution >= 0.6 is 0 Å². The van der Waals surface area contributed by atoms with E-state index in [0.717, 1.165) is 6.42 Å². The van der Waals surface area contributed by atoms with Crippen molar-refractivity contribution >= 4 is 0 Å². The van der Waals surface area contributed by atoms with E-state index in [1.165, 1.54) is 22.3 Å². The van der Waals surface area contributed by atoms with Crippen molar-refractivity contribution in [3.05, 3.63) is 107 Å². The number of hydrogen-bond acceptors (Lipinski definition) is 1. The van der Waals surface area contributed by atoms with E-state index in [0.29, 0.717) is 6.61 Å². The van der Waals surface area contributed by atoms with Gasteiger partial charge in [-0.15, -0.1) is 0 Å². The molecule has 1 heterocycles. The van der Waals surface area contributed by atoms with Crippen molar-refractivity contribution < 1.29 is 4.74 Å². The minimum absolute atomic E-state index is 0.376. The highest BCUT2D eigenvalue weighted by Gasteiger charge is 2.41. The molecular formula is C21H18O. The van der Waals surface area contributed by atoms with Crippen molar-refractivity contribution in [1.82, 2.24) is 0 Å². The molecule has 0 aliphatic carbocycles. The molecule has 1 unspecified atom stereocenters. The normalized spacial score (nSPS) is 19.8. The Balaban J connectivity index is 1.87. The molecule has 0 amide bonds. The van der Waals surface area contributed by atoms with Gasteiger partial charge in [-0.2, -0.15) is 0 Å². The summed E-state index contributed by atoms with van der Waals surface area (Å²) in [7, 11) is 0. The molecule has 3 aromatic carbocycles. The lowest BCUT2D eigenvalue weighted by molar-refractivity contribution is -0.00492. The molecule has 1 heteroatoms. The van der Waals surface area contributed by atoms with Crippen molar-refractivity contribution in [1.29, 1.82) is 0 Å². The molecule has 0 N–H and O–H groups in total. The van der Waals surface area contributed by atoms with Gasteiger partial charge in [0, 0.05) is 6.42 Å². The minimum atomic E-state index is -0.376. The smallest absolute Gasteiger partial charge is 0.123 e. The topological polar surface area (TPSA) is 9.23 Å². The third-order valence-corrected chi connectivity index (χ3v) is 4.46. The first kappa shape index (κ1) is 13.3. The zero-order valence-electron chi connectivity index (χ0n) is 12.4. The molecule has 1 aliphatic heterocycles. The average molecular weight is 286 g/mol. The maximum Gasteiger partial charge on any atom is 0.123 e. The average Bonchev–Trinajstić information content (AvgIpc) is 2.97. The Morgan fingerprint density at radius 1 is 0.727 bits per heavy atom. The first-order chi connectivity index (χ1) is 10.9. The van der Waals surface area contributed by atoms with E-state index in [9.17, 15) is 0 Å². The maximum atomic E-state index is 6.40. The summed E-state index contributed by atoms with van der Waals surface area (Å²) in [4.78, 5) is 0. The summed E-state index contributed by atoms with van der Waals surface area (Å²) in [5.41, 5.74) is 4.73. The van der Waals surface area contributed by atoms with Gasteiger partial charge in [-0.1, -0.05) is 84.9 Å². The molecule has 0 spiro atoms. The number of rotatable bonds is 3. The Kier molecular flexibility index (Phi) is 3.28. The lowest BCUT2D eigenvalue weighted by atomic mass is 9.81. The molecule has 4 rings (SSSR count). The molecule has 1 atom stereocenters. The van der Waals surface area contributed by atoms with Crippen molar-refractivity contribution in [3.8, 4) is 0 Å². The van der Waals surface area contributed by atoms with E-state index >= 15 is 0 Å². The zero-order valence-corrected chi connectivity index (χ0v) is 12.4. The Labute approximate surface area is 131 Å². The Morgan fingerprint density at radius 3 is 2.14 bits per heavy atom. The third-order valence-electron chi connectivity index (χ3n) is 4.46. The summed E-state index contributed by atoms with van der Waals surface area (Å²) in [6, 6.07) is 29.7. The maximum absolute atomic E-state index is 6.40. The minimum Gasteiger partial charge on any atom is -0.360 e. The largest absolute Gasteiger partial charge is 0.360 e. The van der Waals surface area contributed by atoms with Crippen LogP contribution in [-0.2, 0) is 23.4 Å². The van der Waals surface area contributed by atoms with E-state index in [2.05, 4.69) is 84.9 Å². The summed E-state index contributed by atoms with van der Waals surface area (Å²) in [6.07, 6.45) is 0.856. The van der Waals surface area contributed by atoms with Gasteiger partial charge in [0.15, 0.2) is 0 Å². The quantitative estimate of drug-likeness (QED) is 0.678. The van der Waals surface area contributed by atoms with Crippen LogP contribution in [0.25, 0.3) is 0 Å². The van der Waals surface area contributed by atoms with Crippen molar-refractivity contribution in [2.75, 3.05) is 0 Å². The summed E-state index contributed by atoms with van der Waals surface area (Å²) >= 11 is 0. The molecule has 0 bridgehead atoms. The molecule has 108 valence electrons. The standard InChI is InChI=1S/C21H18O/c1-3-9-17(10-4-1)15-21(19-12-5-2-6-13-19)20-14-8-7-11-18(20)16-22-21/h1-14H,15-16H2. The van der Waals surface area contributed by atoms with E-state index in [-0.39, 0.29) is 5.60 Å². The Hall–Kier alpha value is -2.38. The van der Waals surface area contributed by atoms with Crippen LogP contribution in [0.1, 0.15) is 22.3 Å². The first-order valence-corrected chi connectivity index (χ1v) is 7.70. The fourth-order valence-electron chi connectivity index (χ4n) is 3.40. The van der Waals surface area contributed by atoms with E-state index < -0.39 is 0 Å². The highest BCUT2D eigenvalue weighted by Crippen LogP contribution is 2.44. The van der Waals surface area contributed by atoms with Crippen LogP contribution in [0.3, 0.4) is 0 Å². The third kappa shape index (κ3) is 2.15. The summed E-state index contributed by atoms with van der Waals surface area (Å²) in [6.45, 7) is 0.678. The van der Waals surface area contributed by atoms with Gasteiger partial charge in [0.2, 0.25) is 0 Å². The number of ether oxygens (including phenoxy) is 1. The molecule has 22 heavy (non-hydrogen) atoms. The molecular weight excluding hydrogens is 268 g/mol. The summed E-state index contributed by atoms with van der Waals surface area (Å²) in [5, 5.41) is 0. The highest BCUT2D eigenvalue weighted by atomic mass is 16.5. The van der Waals surface area contributed by atoms with Crippen molar-refractivity contribution in [3.63, 3.8) is 0 Å². The number of fused-ring (bicyclic) bond motifs is 1. The van der Waals surface area contributed by atoms with Gasteiger partial charge in [-0.25, -0.2) is 0 Å². The van der Waals surface area contributed by atoms with Crippen LogP contribution in [-0.4, -0.2) is 0 Å². The summed E-state index contributed by atoms with van der Waals surface area (Å²) < 4.78 is 6.40. The van der Waals surface area contributed by atoms with Crippen LogP contribution in [0.15, 0.2) is 84.9 Å². The van der Waals surface area contributed by atoms with Crippen LogP contribution < -0.4 is 0 Å². The second kappa shape index (κ2) is 5.43. The van der Waals surface area contributed by atoms with Crippen LogP contribution in [0.4, 0.5) is 0 Å². The van der Waals surface area contributed by atoms with E-state index in [1.54, 1.807) is 0 Å². The highest BCUT2D eigenvalue weighted by molar-refractivity contribution is 5.45. The van der Waals surface area contributed by atoms with Crippen LogP contribution in [0, 0.1) is 0 Å². The monoisotopic (exact) mass is 286 g/mol. The molecule has 0 saturated carbocycles. The van der Waals surface area contributed by atoms with Crippen molar-refractivity contribution in [2.24, 2.45) is 0 Å². The van der Waals surface area contributed by atoms with Gasteiger partial charge in [-0.05, 0) is 22.3 Å². The second-order valence-electron chi connectivity index (χ2n) is 5.80. The summed E-state index contributed by atoms with van der Waals surface area (Å²) in [5.74, 6) is 0. The molecule has 1 aliphatic rings. The number of benzene rings is 3. The SMILES string of the molecule is c1ccc(CC2(c3ccccc3)OCc3ccccc32)cc1. The first-order valence-electron chi connectivity index (χ1n) is 7.70.